The Labute approximate surface area is 182 Å². The van der Waals surface area contributed by atoms with Crippen molar-refractivity contribution in [3.8, 4) is 0 Å². The summed E-state index contributed by atoms with van der Waals surface area (Å²) in [5.41, 5.74) is 2.75. The molecule has 0 aliphatic carbocycles. The number of carbonyl (C=O) groups is 3. The average Bonchev–Trinajstić information content (AvgIpc) is 2.97. The van der Waals surface area contributed by atoms with Crippen LogP contribution in [0.5, 0.6) is 0 Å². The summed E-state index contributed by atoms with van der Waals surface area (Å²) in [6.45, 7) is 7.16. The van der Waals surface area contributed by atoms with E-state index < -0.39 is 5.54 Å². The third-order valence-corrected chi connectivity index (χ3v) is 6.46. The number of likely N-dealkylation sites (tertiary alicyclic amines) is 1. The maximum atomic E-state index is 13.2. The minimum Gasteiger partial charge on any atom is -0.339 e. The van der Waals surface area contributed by atoms with Crippen molar-refractivity contribution in [2.24, 2.45) is 5.92 Å². The lowest BCUT2D eigenvalue weighted by molar-refractivity contribution is -0.133. The number of aromatic nitrogens is 1. The predicted octanol–water partition coefficient (Wildman–Crippen LogP) is 3.06. The first-order valence-electron chi connectivity index (χ1n) is 10.7. The highest BCUT2D eigenvalue weighted by molar-refractivity contribution is 6.07. The summed E-state index contributed by atoms with van der Waals surface area (Å²) in [7, 11) is 0. The largest absolute Gasteiger partial charge is 0.339 e. The van der Waals surface area contributed by atoms with Gasteiger partial charge in [0.15, 0.2) is 0 Å². The number of imide groups is 1. The zero-order valence-electron chi connectivity index (χ0n) is 18.2. The van der Waals surface area contributed by atoms with E-state index in [4.69, 9.17) is 0 Å². The molecule has 2 aromatic rings. The molecular weight excluding hydrogens is 392 g/mol. The van der Waals surface area contributed by atoms with Crippen LogP contribution in [0.25, 0.3) is 0 Å². The van der Waals surface area contributed by atoms with Crippen LogP contribution in [0.4, 0.5) is 4.79 Å². The number of rotatable bonds is 4. The van der Waals surface area contributed by atoms with E-state index in [1.807, 2.05) is 37.8 Å². The molecule has 2 saturated heterocycles. The Hall–Kier alpha value is -3.22. The zero-order valence-corrected chi connectivity index (χ0v) is 18.2. The summed E-state index contributed by atoms with van der Waals surface area (Å²) in [6.07, 6.45) is 4.63. The van der Waals surface area contributed by atoms with Gasteiger partial charge in [-0.05, 0) is 69.4 Å². The van der Waals surface area contributed by atoms with Gasteiger partial charge in [-0.25, -0.2) is 4.79 Å². The Kier molecular flexibility index (Phi) is 5.52. The van der Waals surface area contributed by atoms with Gasteiger partial charge in [0.05, 0.1) is 6.54 Å². The first-order valence-corrected chi connectivity index (χ1v) is 10.7. The van der Waals surface area contributed by atoms with Gasteiger partial charge in [-0.2, -0.15) is 0 Å². The number of benzene rings is 1. The third-order valence-electron chi connectivity index (χ3n) is 6.46. The van der Waals surface area contributed by atoms with E-state index >= 15 is 0 Å². The Morgan fingerprint density at radius 2 is 1.71 bits per heavy atom. The second-order valence-corrected chi connectivity index (χ2v) is 8.82. The normalized spacial score (nSPS) is 22.0. The molecule has 0 spiro atoms. The molecule has 2 aliphatic rings. The molecule has 1 aromatic heterocycles. The highest BCUT2D eigenvalue weighted by atomic mass is 16.2. The van der Waals surface area contributed by atoms with Crippen molar-refractivity contribution in [2.45, 2.75) is 45.7 Å². The number of amides is 4. The van der Waals surface area contributed by atoms with Crippen LogP contribution in [0, 0.1) is 19.8 Å². The highest BCUT2D eigenvalue weighted by Gasteiger charge is 2.52. The summed E-state index contributed by atoms with van der Waals surface area (Å²) >= 11 is 0. The maximum absolute atomic E-state index is 13.2. The summed E-state index contributed by atoms with van der Waals surface area (Å²) < 4.78 is 0. The van der Waals surface area contributed by atoms with Crippen LogP contribution >= 0.6 is 0 Å². The SMILES string of the molecule is Cc1cc(C)cc(C(=O)N2CCC([C@@]3(C)NC(=O)N(Cc4ccncc4)C3=O)CC2)c1. The number of nitrogens with zero attached hydrogens (tertiary/aromatic N) is 3. The van der Waals surface area contributed by atoms with E-state index in [1.54, 1.807) is 24.5 Å². The van der Waals surface area contributed by atoms with Gasteiger partial charge in [0, 0.05) is 31.0 Å². The number of nitrogens with one attached hydrogen (secondary N) is 1. The summed E-state index contributed by atoms with van der Waals surface area (Å²) in [4.78, 5) is 45.8. The van der Waals surface area contributed by atoms with Crippen molar-refractivity contribution in [1.82, 2.24) is 20.1 Å². The van der Waals surface area contributed by atoms with Crippen LogP contribution in [0.2, 0.25) is 0 Å². The fourth-order valence-electron chi connectivity index (χ4n) is 4.75. The fraction of sp³-hybridized carbons (Fsp3) is 0.417. The van der Waals surface area contributed by atoms with Crippen LogP contribution in [0.3, 0.4) is 0 Å². The Bertz CT molecular complexity index is 994. The van der Waals surface area contributed by atoms with Crippen molar-refractivity contribution in [3.05, 3.63) is 65.0 Å². The summed E-state index contributed by atoms with van der Waals surface area (Å²) in [5, 5.41) is 2.93. The number of aryl methyl sites for hydroxylation is 2. The molecule has 1 N–H and O–H groups in total. The van der Waals surface area contributed by atoms with Crippen LogP contribution in [-0.2, 0) is 11.3 Å². The summed E-state index contributed by atoms with van der Waals surface area (Å²) in [6, 6.07) is 9.12. The van der Waals surface area contributed by atoms with Crippen molar-refractivity contribution in [1.29, 1.82) is 0 Å². The van der Waals surface area contributed by atoms with Crippen molar-refractivity contribution < 1.29 is 14.4 Å². The standard InChI is InChI=1S/C24H28N4O3/c1-16-12-17(2)14-19(13-16)21(29)27-10-6-20(7-11-27)24(3)22(30)28(23(31)26-24)15-18-4-8-25-9-5-18/h4-5,8-9,12-14,20H,6-7,10-11,15H2,1-3H3,(H,26,31)/t24-/m1/s1. The molecule has 4 amide bonds. The lowest BCUT2D eigenvalue weighted by Gasteiger charge is -2.39. The van der Waals surface area contributed by atoms with Crippen LogP contribution in [-0.4, -0.2) is 51.3 Å². The van der Waals surface area contributed by atoms with Gasteiger partial charge < -0.3 is 10.2 Å². The number of hydrogen-bond acceptors (Lipinski definition) is 4. The van der Waals surface area contributed by atoms with Gasteiger partial charge in [-0.3, -0.25) is 19.5 Å². The molecule has 4 rings (SSSR count). The molecule has 3 heterocycles. The zero-order chi connectivity index (χ0) is 22.2. The Morgan fingerprint density at radius 3 is 2.32 bits per heavy atom. The Balaban J connectivity index is 1.42. The number of urea groups is 1. The second kappa shape index (κ2) is 8.13. The van der Waals surface area contributed by atoms with E-state index in [0.717, 1.165) is 16.7 Å². The monoisotopic (exact) mass is 420 g/mol. The molecule has 1 aromatic carbocycles. The first kappa shape index (κ1) is 21.0. The molecule has 162 valence electrons. The van der Waals surface area contributed by atoms with Crippen LogP contribution < -0.4 is 5.32 Å². The summed E-state index contributed by atoms with van der Waals surface area (Å²) in [5.74, 6) is -0.195. The van der Waals surface area contributed by atoms with Gasteiger partial charge in [-0.15, -0.1) is 0 Å². The number of piperidine rings is 1. The van der Waals surface area contributed by atoms with Crippen molar-refractivity contribution >= 4 is 17.8 Å². The van der Waals surface area contributed by atoms with E-state index in [0.29, 0.717) is 31.5 Å². The van der Waals surface area contributed by atoms with Gasteiger partial charge in [0.25, 0.3) is 11.8 Å². The van der Waals surface area contributed by atoms with E-state index in [-0.39, 0.29) is 30.3 Å². The van der Waals surface area contributed by atoms with Crippen LogP contribution in [0.1, 0.15) is 46.8 Å². The quantitative estimate of drug-likeness (QED) is 0.771. The first-order chi connectivity index (χ1) is 14.8. The number of hydrogen-bond donors (Lipinski definition) is 1. The molecule has 0 saturated carbocycles. The molecule has 7 nitrogen and oxygen atoms in total. The highest BCUT2D eigenvalue weighted by Crippen LogP contribution is 2.34. The molecule has 7 heteroatoms. The van der Waals surface area contributed by atoms with E-state index in [2.05, 4.69) is 16.4 Å². The minimum absolute atomic E-state index is 0.0188. The average molecular weight is 421 g/mol. The number of pyridine rings is 1. The smallest absolute Gasteiger partial charge is 0.325 e. The van der Waals surface area contributed by atoms with E-state index in [9.17, 15) is 14.4 Å². The molecule has 31 heavy (non-hydrogen) atoms. The molecule has 0 bridgehead atoms. The topological polar surface area (TPSA) is 82.6 Å². The fourth-order valence-corrected chi connectivity index (χ4v) is 4.75. The third kappa shape index (κ3) is 4.04. The molecule has 2 aliphatic heterocycles. The van der Waals surface area contributed by atoms with E-state index in [1.165, 1.54) is 4.90 Å². The molecule has 2 fully saturated rings. The van der Waals surface area contributed by atoms with Crippen molar-refractivity contribution in [2.75, 3.05) is 13.1 Å². The Morgan fingerprint density at radius 1 is 1.10 bits per heavy atom. The molecule has 0 unspecified atom stereocenters. The van der Waals surface area contributed by atoms with Gasteiger partial charge in [-0.1, -0.05) is 17.2 Å². The van der Waals surface area contributed by atoms with Crippen molar-refractivity contribution in [3.63, 3.8) is 0 Å². The molecule has 1 atom stereocenters. The predicted molar refractivity (Wildman–Crippen MR) is 116 cm³/mol. The maximum Gasteiger partial charge on any atom is 0.325 e. The van der Waals surface area contributed by atoms with Gasteiger partial charge in [0.2, 0.25) is 0 Å². The van der Waals surface area contributed by atoms with Gasteiger partial charge in [0.1, 0.15) is 5.54 Å². The molecule has 0 radical (unpaired) electrons. The van der Waals surface area contributed by atoms with Crippen LogP contribution in [0.15, 0.2) is 42.7 Å². The minimum atomic E-state index is -0.945. The van der Waals surface area contributed by atoms with Gasteiger partial charge >= 0.3 is 6.03 Å². The molecular formula is C24H28N4O3. The lowest BCUT2D eigenvalue weighted by atomic mass is 9.78. The second-order valence-electron chi connectivity index (χ2n) is 8.82. The lowest BCUT2D eigenvalue weighted by Crippen LogP contribution is -2.54. The number of carbonyl (C=O) groups excluding carboxylic acids is 3.